The summed E-state index contributed by atoms with van der Waals surface area (Å²) in [6, 6.07) is 6.39. The number of benzene rings is 1. The molecule has 0 aliphatic carbocycles. The van der Waals surface area contributed by atoms with Crippen LogP contribution < -0.4 is 0 Å². The van der Waals surface area contributed by atoms with Gasteiger partial charge in [0.25, 0.3) is 0 Å². The molecule has 24 heavy (non-hydrogen) atoms. The highest BCUT2D eigenvalue weighted by atomic mass is 19.4. The van der Waals surface area contributed by atoms with Crippen molar-refractivity contribution in [2.45, 2.75) is 25.6 Å². The van der Waals surface area contributed by atoms with E-state index in [0.29, 0.717) is 18.7 Å². The first-order chi connectivity index (χ1) is 11.4. The standard InChI is InChI=1S/C17H18F3N3O/c18-17(19,20)14-5-3-12(4-6-14)16(24)13-2-1-9-23(10-13)11-15-7-8-21-22-15/h3-8,13H,1-2,9-11H2,(H,21,22)/t13-/m0/s1. The fourth-order valence-electron chi connectivity index (χ4n) is 3.09. The lowest BCUT2D eigenvalue weighted by Gasteiger charge is -2.31. The number of rotatable bonds is 4. The average Bonchev–Trinajstić information content (AvgIpc) is 3.07. The summed E-state index contributed by atoms with van der Waals surface area (Å²) in [5.41, 5.74) is 0.595. The van der Waals surface area contributed by atoms with E-state index in [1.807, 2.05) is 6.07 Å². The van der Waals surface area contributed by atoms with E-state index in [4.69, 9.17) is 0 Å². The second kappa shape index (κ2) is 6.76. The molecule has 128 valence electrons. The lowest BCUT2D eigenvalue weighted by molar-refractivity contribution is -0.137. The summed E-state index contributed by atoms with van der Waals surface area (Å²) < 4.78 is 37.8. The van der Waals surface area contributed by atoms with Crippen LogP contribution in [0.2, 0.25) is 0 Å². The number of alkyl halides is 3. The van der Waals surface area contributed by atoms with Crippen LogP contribution in [0, 0.1) is 5.92 Å². The molecule has 0 unspecified atom stereocenters. The highest BCUT2D eigenvalue weighted by molar-refractivity contribution is 5.98. The number of carbonyl (C=O) groups is 1. The van der Waals surface area contributed by atoms with Crippen LogP contribution >= 0.6 is 0 Å². The first-order valence-electron chi connectivity index (χ1n) is 7.85. The molecule has 1 fully saturated rings. The molecule has 1 N–H and O–H groups in total. The first kappa shape index (κ1) is 16.7. The predicted molar refractivity (Wildman–Crippen MR) is 82.4 cm³/mol. The summed E-state index contributed by atoms with van der Waals surface area (Å²) in [6.45, 7) is 2.20. The van der Waals surface area contributed by atoms with Crippen molar-refractivity contribution in [3.63, 3.8) is 0 Å². The SMILES string of the molecule is O=C(c1ccc(C(F)(F)F)cc1)[C@H]1CCCN(Cc2ccn[nH]2)C1. The van der Waals surface area contributed by atoms with Crippen molar-refractivity contribution in [1.82, 2.24) is 15.1 Å². The minimum Gasteiger partial charge on any atom is -0.297 e. The summed E-state index contributed by atoms with van der Waals surface area (Å²) in [7, 11) is 0. The summed E-state index contributed by atoms with van der Waals surface area (Å²) in [4.78, 5) is 14.8. The zero-order chi connectivity index (χ0) is 17.2. The smallest absolute Gasteiger partial charge is 0.297 e. The number of ketones is 1. The zero-order valence-corrected chi connectivity index (χ0v) is 13.0. The number of hydrogen-bond acceptors (Lipinski definition) is 3. The van der Waals surface area contributed by atoms with E-state index in [1.54, 1.807) is 6.20 Å². The lowest BCUT2D eigenvalue weighted by Crippen LogP contribution is -2.38. The van der Waals surface area contributed by atoms with Gasteiger partial charge in [0, 0.05) is 36.5 Å². The Morgan fingerprint density at radius 2 is 2.00 bits per heavy atom. The molecule has 0 radical (unpaired) electrons. The van der Waals surface area contributed by atoms with Gasteiger partial charge >= 0.3 is 6.18 Å². The maximum absolute atomic E-state index is 12.6. The van der Waals surface area contributed by atoms with Crippen molar-refractivity contribution in [2.75, 3.05) is 13.1 Å². The molecule has 3 rings (SSSR count). The maximum atomic E-state index is 12.6. The van der Waals surface area contributed by atoms with Gasteiger partial charge in [0.1, 0.15) is 0 Å². The number of Topliss-reactive ketones (excluding diaryl/α,β-unsaturated/α-hetero) is 1. The van der Waals surface area contributed by atoms with Gasteiger partial charge in [-0.25, -0.2) is 0 Å². The minimum absolute atomic E-state index is 0.0852. The average molecular weight is 337 g/mol. The van der Waals surface area contributed by atoms with E-state index >= 15 is 0 Å². The second-order valence-electron chi connectivity index (χ2n) is 6.10. The van der Waals surface area contributed by atoms with Crippen molar-refractivity contribution < 1.29 is 18.0 Å². The number of likely N-dealkylation sites (tertiary alicyclic amines) is 1. The number of halogens is 3. The Hall–Kier alpha value is -2.15. The van der Waals surface area contributed by atoms with Crippen LogP contribution in [-0.4, -0.2) is 34.0 Å². The monoisotopic (exact) mass is 337 g/mol. The Bertz CT molecular complexity index is 680. The van der Waals surface area contributed by atoms with Crippen LogP contribution in [0.15, 0.2) is 36.5 Å². The van der Waals surface area contributed by atoms with Gasteiger partial charge in [0.05, 0.1) is 5.56 Å². The van der Waals surface area contributed by atoms with Crippen molar-refractivity contribution in [2.24, 2.45) is 5.92 Å². The quantitative estimate of drug-likeness (QED) is 0.869. The largest absolute Gasteiger partial charge is 0.416 e. The maximum Gasteiger partial charge on any atom is 0.416 e. The molecule has 1 aromatic carbocycles. The summed E-state index contributed by atoms with van der Waals surface area (Å²) >= 11 is 0. The van der Waals surface area contributed by atoms with E-state index < -0.39 is 11.7 Å². The topological polar surface area (TPSA) is 49.0 Å². The molecular formula is C17H18F3N3O. The molecule has 1 saturated heterocycles. The van der Waals surface area contributed by atoms with Crippen LogP contribution in [-0.2, 0) is 12.7 Å². The highest BCUT2D eigenvalue weighted by Gasteiger charge is 2.31. The molecule has 0 amide bonds. The Kier molecular flexibility index (Phi) is 4.71. The molecule has 2 heterocycles. The van der Waals surface area contributed by atoms with Gasteiger partial charge in [-0.15, -0.1) is 0 Å². The van der Waals surface area contributed by atoms with Gasteiger partial charge in [-0.2, -0.15) is 18.3 Å². The number of nitrogens with one attached hydrogen (secondary N) is 1. The Morgan fingerprint density at radius 3 is 2.62 bits per heavy atom. The molecule has 7 heteroatoms. The van der Waals surface area contributed by atoms with E-state index in [1.165, 1.54) is 12.1 Å². The fraction of sp³-hybridized carbons (Fsp3) is 0.412. The van der Waals surface area contributed by atoms with Crippen LogP contribution in [0.25, 0.3) is 0 Å². The van der Waals surface area contributed by atoms with Crippen LogP contribution in [0.4, 0.5) is 13.2 Å². The molecule has 0 saturated carbocycles. The molecular weight excluding hydrogens is 319 g/mol. The molecule has 2 aromatic rings. The molecule has 0 bridgehead atoms. The van der Waals surface area contributed by atoms with Crippen molar-refractivity contribution in [3.05, 3.63) is 53.3 Å². The third-order valence-electron chi connectivity index (χ3n) is 4.33. The van der Waals surface area contributed by atoms with E-state index in [9.17, 15) is 18.0 Å². The number of aromatic amines is 1. The third-order valence-corrected chi connectivity index (χ3v) is 4.33. The Labute approximate surface area is 137 Å². The number of H-pyrrole nitrogens is 1. The summed E-state index contributed by atoms with van der Waals surface area (Å²) in [5, 5.41) is 6.80. The van der Waals surface area contributed by atoms with E-state index in [0.717, 1.165) is 37.2 Å². The Balaban J connectivity index is 1.65. The minimum atomic E-state index is -4.38. The van der Waals surface area contributed by atoms with Gasteiger partial charge in [0.2, 0.25) is 0 Å². The van der Waals surface area contributed by atoms with Gasteiger partial charge in [0.15, 0.2) is 5.78 Å². The number of carbonyl (C=O) groups excluding carboxylic acids is 1. The lowest BCUT2D eigenvalue weighted by atomic mass is 9.89. The number of hydrogen-bond donors (Lipinski definition) is 1. The second-order valence-corrected chi connectivity index (χ2v) is 6.10. The van der Waals surface area contributed by atoms with Crippen molar-refractivity contribution >= 4 is 5.78 Å². The zero-order valence-electron chi connectivity index (χ0n) is 13.0. The van der Waals surface area contributed by atoms with Crippen LogP contribution in [0.1, 0.15) is 34.5 Å². The fourth-order valence-corrected chi connectivity index (χ4v) is 3.09. The molecule has 1 aliphatic rings. The molecule has 4 nitrogen and oxygen atoms in total. The van der Waals surface area contributed by atoms with Gasteiger partial charge < -0.3 is 0 Å². The van der Waals surface area contributed by atoms with Gasteiger partial charge in [-0.3, -0.25) is 14.8 Å². The normalized spacial score (nSPS) is 19.4. The third kappa shape index (κ3) is 3.84. The molecule has 1 atom stereocenters. The summed E-state index contributed by atoms with van der Waals surface area (Å²) in [5.74, 6) is -0.267. The van der Waals surface area contributed by atoms with Crippen molar-refractivity contribution in [1.29, 1.82) is 0 Å². The highest BCUT2D eigenvalue weighted by Crippen LogP contribution is 2.30. The van der Waals surface area contributed by atoms with Crippen molar-refractivity contribution in [3.8, 4) is 0 Å². The summed E-state index contributed by atoms with van der Waals surface area (Å²) in [6.07, 6.45) is -1.04. The first-order valence-corrected chi connectivity index (χ1v) is 7.85. The Morgan fingerprint density at radius 1 is 1.25 bits per heavy atom. The van der Waals surface area contributed by atoms with Gasteiger partial charge in [-0.1, -0.05) is 12.1 Å². The molecule has 1 aliphatic heterocycles. The predicted octanol–water partition coefficient (Wildman–Crippen LogP) is 3.52. The number of nitrogens with zero attached hydrogens (tertiary/aromatic N) is 2. The van der Waals surface area contributed by atoms with E-state index in [-0.39, 0.29) is 11.7 Å². The molecule has 0 spiro atoms. The van der Waals surface area contributed by atoms with Gasteiger partial charge in [-0.05, 0) is 37.6 Å². The van der Waals surface area contributed by atoms with E-state index in [2.05, 4.69) is 15.1 Å². The van der Waals surface area contributed by atoms with Crippen LogP contribution in [0.5, 0.6) is 0 Å². The molecule has 1 aromatic heterocycles. The number of piperidine rings is 1. The van der Waals surface area contributed by atoms with Crippen LogP contribution in [0.3, 0.4) is 0 Å². The number of aromatic nitrogens is 2.